The predicted molar refractivity (Wildman–Crippen MR) is 109 cm³/mol. The van der Waals surface area contributed by atoms with Crippen LogP contribution in [0.1, 0.15) is 45.1 Å². The van der Waals surface area contributed by atoms with Crippen molar-refractivity contribution in [3.05, 3.63) is 41.7 Å². The third-order valence-corrected chi connectivity index (χ3v) is 7.19. The van der Waals surface area contributed by atoms with Crippen LogP contribution in [0.5, 0.6) is 0 Å². The summed E-state index contributed by atoms with van der Waals surface area (Å²) in [5.74, 6) is 0.813. The van der Waals surface area contributed by atoms with Crippen molar-refractivity contribution < 1.29 is 14.3 Å². The van der Waals surface area contributed by atoms with Gasteiger partial charge < -0.3 is 10.1 Å². The zero-order valence-electron chi connectivity index (χ0n) is 17.0. The quantitative estimate of drug-likeness (QED) is 0.625. The van der Waals surface area contributed by atoms with Crippen molar-refractivity contribution in [2.24, 2.45) is 11.8 Å². The zero-order valence-corrected chi connectivity index (χ0v) is 17.0. The maximum atomic E-state index is 13.2. The molecule has 2 saturated heterocycles. The Morgan fingerprint density at radius 3 is 2.86 bits per heavy atom. The van der Waals surface area contributed by atoms with Gasteiger partial charge >= 0.3 is 0 Å². The Hall–Kier alpha value is -2.14. The van der Waals surface area contributed by atoms with Crippen LogP contribution in [0, 0.1) is 11.8 Å². The molecule has 4 atom stereocenters. The molecule has 28 heavy (non-hydrogen) atoms. The number of carbonyl (C=O) groups is 2. The highest BCUT2D eigenvalue weighted by molar-refractivity contribution is 6.07. The molecule has 2 fully saturated rings. The monoisotopic (exact) mass is 382 g/mol. The van der Waals surface area contributed by atoms with Gasteiger partial charge in [0.15, 0.2) is 5.78 Å². The van der Waals surface area contributed by atoms with Crippen molar-refractivity contribution >= 4 is 17.4 Å². The molecule has 150 valence electrons. The summed E-state index contributed by atoms with van der Waals surface area (Å²) in [6, 6.07) is 8.21. The van der Waals surface area contributed by atoms with E-state index in [9.17, 15) is 9.59 Å². The second kappa shape index (κ2) is 7.36. The molecule has 0 bridgehead atoms. The van der Waals surface area contributed by atoms with E-state index in [1.807, 2.05) is 25.1 Å². The number of Topliss-reactive ketones (excluding diaryl/α,β-unsaturated/α-hetero) is 1. The molecule has 0 saturated carbocycles. The number of carbonyl (C=O) groups excluding carboxylic acids is 2. The number of nitrogens with zero attached hydrogens (tertiary/aromatic N) is 1. The average Bonchev–Trinajstić information content (AvgIpc) is 3.23. The van der Waals surface area contributed by atoms with Gasteiger partial charge in [-0.05, 0) is 42.9 Å². The molecule has 3 aliphatic rings. The molecule has 1 N–H and O–H groups in total. The molecule has 4 rings (SSSR count). The maximum Gasteiger partial charge on any atom is 0.236 e. The van der Waals surface area contributed by atoms with E-state index in [1.54, 1.807) is 13.4 Å². The fourth-order valence-corrected chi connectivity index (χ4v) is 5.79. The van der Waals surface area contributed by atoms with E-state index in [4.69, 9.17) is 4.74 Å². The number of benzene rings is 1. The number of piperidine rings is 1. The summed E-state index contributed by atoms with van der Waals surface area (Å²) in [6.45, 7) is 5.96. The Morgan fingerprint density at radius 2 is 2.14 bits per heavy atom. The van der Waals surface area contributed by atoms with Crippen molar-refractivity contribution in [2.45, 2.75) is 51.0 Å². The molecule has 1 aromatic carbocycles. The minimum Gasteiger partial charge on any atom is -0.504 e. The predicted octanol–water partition coefficient (Wildman–Crippen LogP) is 3.51. The van der Waals surface area contributed by atoms with Gasteiger partial charge in [0.2, 0.25) is 5.91 Å². The van der Waals surface area contributed by atoms with Gasteiger partial charge in [0.1, 0.15) is 0 Å². The van der Waals surface area contributed by atoms with E-state index in [-0.39, 0.29) is 23.7 Å². The van der Waals surface area contributed by atoms with Gasteiger partial charge in [-0.1, -0.05) is 38.5 Å². The van der Waals surface area contributed by atoms with Crippen molar-refractivity contribution in [3.63, 3.8) is 0 Å². The molecule has 3 heterocycles. The SMILES string of the molecule is CCC(=O)C(=COC)C1CC2N(CCC23C(=O)Nc2ccccc23)CC1CC. The standard InChI is InChI=1S/C23H30N2O3/c1-4-15-13-25-11-10-23(18-8-6-7-9-19(18)24-22(23)27)21(25)12-16(15)17(14-28-3)20(26)5-2/h6-9,14-16,21H,4-5,10-13H2,1-3H3,(H,24,27). The van der Waals surface area contributed by atoms with E-state index in [1.165, 1.54) is 0 Å². The number of ketones is 1. The van der Waals surface area contributed by atoms with E-state index in [0.29, 0.717) is 12.3 Å². The van der Waals surface area contributed by atoms with Gasteiger partial charge in [-0.3, -0.25) is 14.5 Å². The Bertz CT molecular complexity index is 818. The van der Waals surface area contributed by atoms with Crippen LogP contribution in [0.2, 0.25) is 0 Å². The molecule has 5 nitrogen and oxygen atoms in total. The largest absolute Gasteiger partial charge is 0.504 e. The molecule has 3 aliphatic heterocycles. The van der Waals surface area contributed by atoms with E-state index >= 15 is 0 Å². The van der Waals surface area contributed by atoms with Crippen LogP contribution in [0.25, 0.3) is 0 Å². The van der Waals surface area contributed by atoms with Crippen LogP contribution in [0.15, 0.2) is 36.1 Å². The normalized spacial score (nSPS) is 32.2. The lowest BCUT2D eigenvalue weighted by atomic mass is 9.67. The molecule has 1 aromatic rings. The number of anilines is 1. The molecule has 1 amide bonds. The van der Waals surface area contributed by atoms with Gasteiger partial charge in [0.05, 0.1) is 18.8 Å². The van der Waals surface area contributed by atoms with Gasteiger partial charge in [0.25, 0.3) is 0 Å². The molecular formula is C23H30N2O3. The maximum absolute atomic E-state index is 13.2. The van der Waals surface area contributed by atoms with Crippen molar-refractivity contribution in [1.82, 2.24) is 4.90 Å². The molecule has 1 spiro atoms. The fourth-order valence-electron chi connectivity index (χ4n) is 5.79. The number of hydrogen-bond donors (Lipinski definition) is 1. The van der Waals surface area contributed by atoms with Crippen LogP contribution >= 0.6 is 0 Å². The summed E-state index contributed by atoms with van der Waals surface area (Å²) >= 11 is 0. The van der Waals surface area contributed by atoms with Crippen molar-refractivity contribution in [3.8, 4) is 0 Å². The molecule has 5 heteroatoms. The number of fused-ring (bicyclic) bond motifs is 4. The van der Waals surface area contributed by atoms with Crippen LogP contribution < -0.4 is 5.32 Å². The Balaban J connectivity index is 1.74. The molecule has 0 aromatic heterocycles. The molecular weight excluding hydrogens is 352 g/mol. The second-order valence-electron chi connectivity index (χ2n) is 8.33. The zero-order chi connectivity index (χ0) is 19.9. The Labute approximate surface area is 167 Å². The summed E-state index contributed by atoms with van der Waals surface area (Å²) in [4.78, 5) is 28.4. The number of methoxy groups -OCH3 is 1. The Morgan fingerprint density at radius 1 is 1.36 bits per heavy atom. The summed E-state index contributed by atoms with van der Waals surface area (Å²) in [6.07, 6.45) is 4.81. The van der Waals surface area contributed by atoms with Gasteiger partial charge in [-0.2, -0.15) is 0 Å². The third-order valence-electron chi connectivity index (χ3n) is 7.19. The van der Waals surface area contributed by atoms with Gasteiger partial charge in [0, 0.05) is 30.3 Å². The Kier molecular flexibility index (Phi) is 5.04. The summed E-state index contributed by atoms with van der Waals surface area (Å²) in [7, 11) is 1.61. The van der Waals surface area contributed by atoms with E-state index in [2.05, 4.69) is 23.2 Å². The summed E-state index contributed by atoms with van der Waals surface area (Å²) < 4.78 is 5.30. The minimum absolute atomic E-state index is 0.119. The second-order valence-corrected chi connectivity index (χ2v) is 8.33. The number of rotatable bonds is 5. The number of ether oxygens (including phenoxy) is 1. The number of para-hydroxylation sites is 1. The highest BCUT2D eigenvalue weighted by Gasteiger charge is 2.59. The highest BCUT2D eigenvalue weighted by atomic mass is 16.5. The lowest BCUT2D eigenvalue weighted by Crippen LogP contribution is -2.53. The summed E-state index contributed by atoms with van der Waals surface area (Å²) in [5.41, 5.74) is 2.37. The molecule has 0 radical (unpaired) electrons. The third kappa shape index (κ3) is 2.71. The first-order chi connectivity index (χ1) is 13.6. The highest BCUT2D eigenvalue weighted by Crippen LogP contribution is 2.53. The smallest absolute Gasteiger partial charge is 0.236 e. The number of amides is 1. The number of nitrogens with one attached hydrogen (secondary N) is 1. The van der Waals surface area contributed by atoms with E-state index < -0.39 is 5.41 Å². The lowest BCUT2D eigenvalue weighted by molar-refractivity contribution is -0.122. The lowest BCUT2D eigenvalue weighted by Gasteiger charge is -2.45. The molecule has 0 aliphatic carbocycles. The minimum atomic E-state index is -0.499. The topological polar surface area (TPSA) is 58.6 Å². The van der Waals surface area contributed by atoms with Crippen LogP contribution in [0.4, 0.5) is 5.69 Å². The number of hydrogen-bond acceptors (Lipinski definition) is 4. The first kappa shape index (κ1) is 19.2. The first-order valence-electron chi connectivity index (χ1n) is 10.5. The van der Waals surface area contributed by atoms with Crippen molar-refractivity contribution in [2.75, 3.05) is 25.5 Å². The first-order valence-corrected chi connectivity index (χ1v) is 10.5. The number of allylic oxidation sites excluding steroid dienone is 1. The van der Waals surface area contributed by atoms with Crippen LogP contribution in [-0.2, 0) is 19.7 Å². The van der Waals surface area contributed by atoms with Crippen LogP contribution in [0.3, 0.4) is 0 Å². The van der Waals surface area contributed by atoms with Crippen LogP contribution in [-0.4, -0.2) is 42.8 Å². The van der Waals surface area contributed by atoms with E-state index in [0.717, 1.165) is 49.2 Å². The summed E-state index contributed by atoms with van der Waals surface area (Å²) in [5, 5.41) is 3.12. The van der Waals surface area contributed by atoms with Crippen molar-refractivity contribution in [1.29, 1.82) is 0 Å². The average molecular weight is 383 g/mol. The van der Waals surface area contributed by atoms with Gasteiger partial charge in [-0.25, -0.2) is 0 Å². The van der Waals surface area contributed by atoms with Gasteiger partial charge in [-0.15, -0.1) is 0 Å². The fraction of sp³-hybridized carbons (Fsp3) is 0.565. The molecule has 4 unspecified atom stereocenters.